The number of piperidine rings is 1. The number of carbonyl (C=O) groups is 1. The molecule has 0 aliphatic carbocycles. The van der Waals surface area contributed by atoms with Gasteiger partial charge in [-0.1, -0.05) is 36.4 Å². The lowest BCUT2D eigenvalue weighted by Gasteiger charge is -2.46. The summed E-state index contributed by atoms with van der Waals surface area (Å²) in [4.78, 5) is 11.8. The molecule has 2 aliphatic heterocycles. The molecule has 2 fully saturated rings. The van der Waals surface area contributed by atoms with E-state index in [1.165, 1.54) is 6.07 Å². The Bertz CT molecular complexity index is 986. The molecule has 0 aromatic heterocycles. The number of hydrogen-bond donors (Lipinski definition) is 2. The van der Waals surface area contributed by atoms with Gasteiger partial charge in [0.05, 0.1) is 29.4 Å². The van der Waals surface area contributed by atoms with Gasteiger partial charge in [-0.05, 0) is 55.0 Å². The molecule has 0 radical (unpaired) electrons. The van der Waals surface area contributed by atoms with Gasteiger partial charge in [0.15, 0.2) is 0 Å². The molecule has 178 valence electrons. The normalized spacial score (nSPS) is 26.4. The summed E-state index contributed by atoms with van der Waals surface area (Å²) in [6.45, 7) is 1.51. The predicted molar refractivity (Wildman–Crippen MR) is 116 cm³/mol. The van der Waals surface area contributed by atoms with Crippen molar-refractivity contribution < 1.29 is 27.1 Å². The SMILES string of the molecule is C[C@@H](OC[C@@]1(c2ccccc2)CC[C@]2(CCC(=O)N2)CN1)c1cc(CF)cc(C(F)(F)F)c1. The van der Waals surface area contributed by atoms with Crippen molar-refractivity contribution in [3.8, 4) is 0 Å². The lowest BCUT2D eigenvalue weighted by molar-refractivity contribution is -0.137. The summed E-state index contributed by atoms with van der Waals surface area (Å²) in [6.07, 6.45) is -2.47. The number of carbonyl (C=O) groups excluding carboxylic acids is 1. The summed E-state index contributed by atoms with van der Waals surface area (Å²) in [5.74, 6) is 0.0575. The Labute approximate surface area is 190 Å². The lowest BCUT2D eigenvalue weighted by Crippen LogP contribution is -2.61. The van der Waals surface area contributed by atoms with Gasteiger partial charge in [-0.2, -0.15) is 13.2 Å². The van der Waals surface area contributed by atoms with Gasteiger partial charge in [0.1, 0.15) is 6.67 Å². The van der Waals surface area contributed by atoms with Crippen LogP contribution in [0.1, 0.15) is 61.0 Å². The molecular weight excluding hydrogens is 436 g/mol. The molecule has 33 heavy (non-hydrogen) atoms. The van der Waals surface area contributed by atoms with E-state index in [-0.39, 0.29) is 29.2 Å². The number of ether oxygens (including phenoxy) is 1. The van der Waals surface area contributed by atoms with Gasteiger partial charge in [0, 0.05) is 13.0 Å². The van der Waals surface area contributed by atoms with Crippen molar-refractivity contribution in [1.29, 1.82) is 0 Å². The maximum absolute atomic E-state index is 13.3. The zero-order valence-corrected chi connectivity index (χ0v) is 18.5. The van der Waals surface area contributed by atoms with Crippen molar-refractivity contribution in [3.05, 3.63) is 70.8 Å². The van der Waals surface area contributed by atoms with Gasteiger partial charge in [-0.15, -0.1) is 0 Å². The van der Waals surface area contributed by atoms with E-state index in [2.05, 4.69) is 10.6 Å². The van der Waals surface area contributed by atoms with E-state index in [9.17, 15) is 22.4 Å². The fourth-order valence-electron chi connectivity index (χ4n) is 4.83. The second kappa shape index (κ2) is 9.06. The van der Waals surface area contributed by atoms with Crippen molar-refractivity contribution in [2.24, 2.45) is 0 Å². The number of halogens is 4. The second-order valence-electron chi connectivity index (χ2n) is 9.18. The summed E-state index contributed by atoms with van der Waals surface area (Å²) in [5, 5.41) is 6.69. The standard InChI is InChI=1S/C25H28F4N2O2/c1-17(19-11-18(14-26)12-21(13-19)25(27,28)29)33-16-24(20-5-3-2-4-6-20)10-9-23(15-30-24)8-7-22(32)31-23/h2-6,11-13,17,30H,7-10,14-16H2,1H3,(H,31,32)/t17-,23-,24-/m1/s1. The average Bonchev–Trinajstić information content (AvgIpc) is 3.18. The number of amides is 1. The van der Waals surface area contributed by atoms with E-state index >= 15 is 0 Å². The first-order valence-electron chi connectivity index (χ1n) is 11.1. The van der Waals surface area contributed by atoms with Crippen LogP contribution in [-0.2, 0) is 27.9 Å². The monoisotopic (exact) mass is 464 g/mol. The third kappa shape index (κ3) is 5.06. The summed E-state index contributed by atoms with van der Waals surface area (Å²) >= 11 is 0. The third-order valence-electron chi connectivity index (χ3n) is 6.90. The Morgan fingerprint density at radius 3 is 2.42 bits per heavy atom. The first kappa shape index (κ1) is 23.7. The summed E-state index contributed by atoms with van der Waals surface area (Å²) in [7, 11) is 0. The van der Waals surface area contributed by atoms with Crippen LogP contribution >= 0.6 is 0 Å². The molecule has 3 atom stereocenters. The molecule has 4 rings (SSSR count). The van der Waals surface area contributed by atoms with Gasteiger partial charge >= 0.3 is 6.18 Å². The van der Waals surface area contributed by atoms with Crippen LogP contribution in [0.15, 0.2) is 48.5 Å². The van der Waals surface area contributed by atoms with E-state index in [0.717, 1.165) is 30.5 Å². The van der Waals surface area contributed by atoms with Gasteiger partial charge in [0.25, 0.3) is 0 Å². The van der Waals surface area contributed by atoms with E-state index in [1.54, 1.807) is 6.92 Å². The van der Waals surface area contributed by atoms with E-state index in [1.807, 2.05) is 30.3 Å². The average molecular weight is 465 g/mol. The molecule has 4 nitrogen and oxygen atoms in total. The molecule has 1 spiro atoms. The molecule has 0 bridgehead atoms. The fraction of sp³-hybridized carbons (Fsp3) is 0.480. The minimum absolute atomic E-state index is 0.0252. The molecule has 2 aromatic carbocycles. The van der Waals surface area contributed by atoms with Gasteiger partial charge in [-0.3, -0.25) is 4.79 Å². The maximum atomic E-state index is 13.3. The zero-order valence-electron chi connectivity index (χ0n) is 18.5. The maximum Gasteiger partial charge on any atom is 0.416 e. The molecule has 2 heterocycles. The van der Waals surface area contributed by atoms with E-state index in [0.29, 0.717) is 19.4 Å². The van der Waals surface area contributed by atoms with Crippen LogP contribution < -0.4 is 10.6 Å². The number of rotatable bonds is 6. The first-order chi connectivity index (χ1) is 15.6. The number of alkyl halides is 4. The van der Waals surface area contributed by atoms with Crippen LogP contribution in [0.4, 0.5) is 17.6 Å². The molecule has 8 heteroatoms. The van der Waals surface area contributed by atoms with Crippen molar-refractivity contribution in [3.63, 3.8) is 0 Å². The largest absolute Gasteiger partial charge is 0.416 e. The molecule has 1 amide bonds. The zero-order chi connectivity index (χ0) is 23.7. The molecule has 0 unspecified atom stereocenters. The first-order valence-corrected chi connectivity index (χ1v) is 11.1. The Balaban J connectivity index is 1.54. The quantitative estimate of drug-likeness (QED) is 0.580. The topological polar surface area (TPSA) is 50.4 Å². The highest BCUT2D eigenvalue weighted by Crippen LogP contribution is 2.39. The fourth-order valence-corrected chi connectivity index (χ4v) is 4.83. The third-order valence-corrected chi connectivity index (χ3v) is 6.90. The molecule has 2 saturated heterocycles. The van der Waals surface area contributed by atoms with E-state index < -0.39 is 30.1 Å². The molecule has 2 aromatic rings. The number of nitrogens with one attached hydrogen (secondary N) is 2. The Kier molecular flexibility index (Phi) is 6.51. The Hall–Kier alpha value is -2.45. The number of hydrogen-bond acceptors (Lipinski definition) is 3. The van der Waals surface area contributed by atoms with Gasteiger partial charge < -0.3 is 15.4 Å². The second-order valence-corrected chi connectivity index (χ2v) is 9.18. The highest BCUT2D eigenvalue weighted by atomic mass is 19.4. The van der Waals surface area contributed by atoms with Crippen LogP contribution in [0.3, 0.4) is 0 Å². The highest BCUT2D eigenvalue weighted by molar-refractivity contribution is 5.79. The van der Waals surface area contributed by atoms with Crippen molar-refractivity contribution in [1.82, 2.24) is 10.6 Å². The van der Waals surface area contributed by atoms with Gasteiger partial charge in [-0.25, -0.2) is 4.39 Å². The summed E-state index contributed by atoms with van der Waals surface area (Å²) in [6, 6.07) is 13.1. The smallest absolute Gasteiger partial charge is 0.372 e. The molecular formula is C25H28F4N2O2. The lowest BCUT2D eigenvalue weighted by atomic mass is 9.76. The van der Waals surface area contributed by atoms with Crippen LogP contribution in [-0.4, -0.2) is 24.6 Å². The van der Waals surface area contributed by atoms with Crippen LogP contribution in [0.25, 0.3) is 0 Å². The summed E-state index contributed by atoms with van der Waals surface area (Å²) in [5.41, 5.74) is -0.407. The minimum Gasteiger partial charge on any atom is -0.372 e. The summed E-state index contributed by atoms with van der Waals surface area (Å²) < 4.78 is 59.2. The molecule has 0 saturated carbocycles. The van der Waals surface area contributed by atoms with Crippen LogP contribution in [0.5, 0.6) is 0 Å². The Morgan fingerprint density at radius 1 is 1.09 bits per heavy atom. The van der Waals surface area contributed by atoms with Crippen LogP contribution in [0, 0.1) is 0 Å². The predicted octanol–water partition coefficient (Wildman–Crippen LogP) is 5.18. The van der Waals surface area contributed by atoms with Crippen molar-refractivity contribution >= 4 is 5.91 Å². The van der Waals surface area contributed by atoms with Crippen LogP contribution in [0.2, 0.25) is 0 Å². The Morgan fingerprint density at radius 2 is 1.85 bits per heavy atom. The van der Waals surface area contributed by atoms with Crippen molar-refractivity contribution in [2.75, 3.05) is 13.2 Å². The molecule has 2 N–H and O–H groups in total. The minimum atomic E-state index is -4.56. The van der Waals surface area contributed by atoms with Gasteiger partial charge in [0.2, 0.25) is 5.91 Å². The van der Waals surface area contributed by atoms with Crippen molar-refractivity contribution in [2.45, 2.75) is 62.6 Å². The highest BCUT2D eigenvalue weighted by Gasteiger charge is 2.46. The van der Waals surface area contributed by atoms with E-state index in [4.69, 9.17) is 4.74 Å². The number of benzene rings is 2. The molecule has 2 aliphatic rings.